The Morgan fingerprint density at radius 3 is 2.71 bits per heavy atom. The van der Waals surface area contributed by atoms with Gasteiger partial charge in [-0.15, -0.1) is 0 Å². The fourth-order valence-electron chi connectivity index (χ4n) is 4.27. The number of benzene rings is 2. The zero-order valence-corrected chi connectivity index (χ0v) is 19.8. The molecule has 2 heterocycles. The van der Waals surface area contributed by atoms with E-state index in [0.717, 1.165) is 36.3 Å². The van der Waals surface area contributed by atoms with Crippen LogP contribution in [0, 0.1) is 0 Å². The van der Waals surface area contributed by atoms with E-state index >= 15 is 0 Å². The van der Waals surface area contributed by atoms with Gasteiger partial charge >= 0.3 is 0 Å². The van der Waals surface area contributed by atoms with Gasteiger partial charge in [0.2, 0.25) is 15.9 Å². The highest BCUT2D eigenvalue weighted by atomic mass is 32.2. The molecule has 34 heavy (non-hydrogen) atoms. The van der Waals surface area contributed by atoms with Crippen LogP contribution < -0.4 is 15.4 Å². The number of carbonyl (C=O) groups is 2. The maximum absolute atomic E-state index is 13.1. The van der Waals surface area contributed by atoms with Crippen LogP contribution >= 0.6 is 0 Å². The van der Waals surface area contributed by atoms with Gasteiger partial charge in [-0.05, 0) is 73.2 Å². The minimum Gasteiger partial charge on any atom is -0.493 e. The first kappa shape index (κ1) is 24.0. The van der Waals surface area contributed by atoms with Gasteiger partial charge in [0, 0.05) is 31.2 Å². The molecule has 0 saturated carbocycles. The number of amides is 2. The molecule has 180 valence electrons. The van der Waals surface area contributed by atoms with Gasteiger partial charge in [0.1, 0.15) is 5.75 Å². The molecule has 0 spiro atoms. The lowest BCUT2D eigenvalue weighted by Gasteiger charge is -2.32. The molecule has 2 aliphatic heterocycles. The molecule has 0 bridgehead atoms. The maximum Gasteiger partial charge on any atom is 0.251 e. The number of piperidine rings is 1. The van der Waals surface area contributed by atoms with Crippen molar-refractivity contribution in [2.45, 2.75) is 43.2 Å². The number of rotatable bonds is 7. The zero-order valence-electron chi connectivity index (χ0n) is 19.0. The van der Waals surface area contributed by atoms with E-state index in [0.29, 0.717) is 31.5 Å². The summed E-state index contributed by atoms with van der Waals surface area (Å²) in [5.41, 5.74) is 2.52. The van der Waals surface area contributed by atoms with E-state index in [-0.39, 0.29) is 29.3 Å². The second-order valence-electron chi connectivity index (χ2n) is 8.52. The molecule has 1 fully saturated rings. The maximum atomic E-state index is 13.1. The third-order valence-corrected chi connectivity index (χ3v) is 7.98. The SMILES string of the molecule is C=CC(=O)N[C@H]1CCCN(S(=O)(=O)c2ccc(C(=O)NCc3ccc4c(c3)CCCO4)cc2)C1. The number of nitrogens with one attached hydrogen (secondary N) is 2. The van der Waals surface area contributed by atoms with Gasteiger partial charge in [0.05, 0.1) is 11.5 Å². The standard InChI is InChI=1S/C25H29N3O5S/c1-2-24(29)27-21-6-3-13-28(17-21)34(31,32)22-10-8-19(9-11-22)25(30)26-16-18-7-12-23-20(15-18)5-4-14-33-23/h2,7-12,15,21H,1,3-6,13-14,16-17H2,(H,26,30)(H,27,29)/t21-/m0/s1. The number of hydrogen-bond acceptors (Lipinski definition) is 5. The summed E-state index contributed by atoms with van der Waals surface area (Å²) >= 11 is 0. The predicted molar refractivity (Wildman–Crippen MR) is 128 cm³/mol. The molecule has 0 aromatic heterocycles. The fraction of sp³-hybridized carbons (Fsp3) is 0.360. The lowest BCUT2D eigenvalue weighted by molar-refractivity contribution is -0.117. The summed E-state index contributed by atoms with van der Waals surface area (Å²) in [5, 5.41) is 5.65. The smallest absolute Gasteiger partial charge is 0.251 e. The third kappa shape index (κ3) is 5.48. The van der Waals surface area contributed by atoms with Gasteiger partial charge in [0.15, 0.2) is 0 Å². The van der Waals surface area contributed by atoms with Crippen molar-refractivity contribution in [3.63, 3.8) is 0 Å². The van der Waals surface area contributed by atoms with Crippen LogP contribution in [0.1, 0.15) is 40.7 Å². The van der Waals surface area contributed by atoms with Crippen molar-refractivity contribution in [2.75, 3.05) is 19.7 Å². The number of aryl methyl sites for hydroxylation is 1. The van der Waals surface area contributed by atoms with Gasteiger partial charge in [-0.1, -0.05) is 18.7 Å². The van der Waals surface area contributed by atoms with Crippen LogP contribution in [-0.4, -0.2) is 50.3 Å². The summed E-state index contributed by atoms with van der Waals surface area (Å²) in [6.45, 7) is 5.13. The molecule has 0 radical (unpaired) electrons. The molecule has 2 aliphatic rings. The minimum atomic E-state index is -3.73. The molecule has 0 aliphatic carbocycles. The Balaban J connectivity index is 1.37. The van der Waals surface area contributed by atoms with Crippen molar-refractivity contribution in [1.82, 2.24) is 14.9 Å². The Morgan fingerprint density at radius 1 is 1.15 bits per heavy atom. The average molecular weight is 484 g/mol. The summed E-state index contributed by atoms with van der Waals surface area (Å²) in [4.78, 5) is 24.3. The van der Waals surface area contributed by atoms with E-state index in [9.17, 15) is 18.0 Å². The Kier molecular flexibility index (Phi) is 7.33. The van der Waals surface area contributed by atoms with E-state index < -0.39 is 10.0 Å². The average Bonchev–Trinajstić information content (AvgIpc) is 2.87. The normalized spacial score (nSPS) is 18.3. The number of ether oxygens (including phenoxy) is 1. The van der Waals surface area contributed by atoms with E-state index in [4.69, 9.17) is 4.74 Å². The molecular weight excluding hydrogens is 454 g/mol. The Bertz CT molecular complexity index is 1180. The molecule has 0 unspecified atom stereocenters. The Morgan fingerprint density at radius 2 is 1.94 bits per heavy atom. The van der Waals surface area contributed by atoms with Crippen molar-refractivity contribution in [3.05, 3.63) is 71.8 Å². The molecule has 2 aromatic rings. The van der Waals surface area contributed by atoms with Crippen LogP contribution in [0.25, 0.3) is 0 Å². The Labute approximate surface area is 200 Å². The second kappa shape index (κ2) is 10.4. The van der Waals surface area contributed by atoms with Crippen LogP contribution in [0.2, 0.25) is 0 Å². The van der Waals surface area contributed by atoms with Crippen molar-refractivity contribution in [2.24, 2.45) is 0 Å². The molecule has 2 aromatic carbocycles. The topological polar surface area (TPSA) is 105 Å². The molecular formula is C25H29N3O5S. The van der Waals surface area contributed by atoms with Crippen LogP contribution in [0.3, 0.4) is 0 Å². The third-order valence-electron chi connectivity index (χ3n) is 6.10. The molecule has 9 heteroatoms. The van der Waals surface area contributed by atoms with Crippen LogP contribution in [-0.2, 0) is 27.8 Å². The van der Waals surface area contributed by atoms with E-state index in [1.165, 1.54) is 34.6 Å². The summed E-state index contributed by atoms with van der Waals surface area (Å²) in [5.74, 6) is 0.313. The summed E-state index contributed by atoms with van der Waals surface area (Å²) in [7, 11) is -3.73. The first-order chi connectivity index (χ1) is 16.4. The summed E-state index contributed by atoms with van der Waals surface area (Å²) < 4.78 is 33.2. The molecule has 8 nitrogen and oxygen atoms in total. The van der Waals surface area contributed by atoms with Crippen molar-refractivity contribution in [3.8, 4) is 5.75 Å². The number of hydrogen-bond donors (Lipinski definition) is 2. The quantitative estimate of drug-likeness (QED) is 0.589. The number of carbonyl (C=O) groups excluding carboxylic acids is 2. The van der Waals surface area contributed by atoms with Gasteiger partial charge in [-0.2, -0.15) is 4.31 Å². The lowest BCUT2D eigenvalue weighted by Crippen LogP contribution is -2.49. The van der Waals surface area contributed by atoms with E-state index in [1.54, 1.807) is 0 Å². The van der Waals surface area contributed by atoms with Crippen molar-refractivity contribution in [1.29, 1.82) is 0 Å². The van der Waals surface area contributed by atoms with Crippen LogP contribution in [0.4, 0.5) is 0 Å². The monoisotopic (exact) mass is 483 g/mol. The Hall–Kier alpha value is -3.17. The first-order valence-electron chi connectivity index (χ1n) is 11.4. The van der Waals surface area contributed by atoms with Crippen molar-refractivity contribution >= 4 is 21.8 Å². The minimum absolute atomic E-state index is 0.120. The van der Waals surface area contributed by atoms with Gasteiger partial charge in [0.25, 0.3) is 5.91 Å². The highest BCUT2D eigenvalue weighted by Crippen LogP contribution is 2.25. The summed E-state index contributed by atoms with van der Waals surface area (Å²) in [6, 6.07) is 11.6. The highest BCUT2D eigenvalue weighted by molar-refractivity contribution is 7.89. The number of fused-ring (bicyclic) bond motifs is 1. The molecule has 2 amide bonds. The van der Waals surface area contributed by atoms with E-state index in [2.05, 4.69) is 17.2 Å². The molecule has 1 saturated heterocycles. The lowest BCUT2D eigenvalue weighted by atomic mass is 10.0. The fourth-order valence-corrected chi connectivity index (χ4v) is 5.80. The largest absolute Gasteiger partial charge is 0.493 e. The highest BCUT2D eigenvalue weighted by Gasteiger charge is 2.30. The molecule has 1 atom stereocenters. The predicted octanol–water partition coefficient (Wildman–Crippen LogP) is 2.40. The zero-order chi connectivity index (χ0) is 24.1. The first-order valence-corrected chi connectivity index (χ1v) is 12.9. The molecule has 2 N–H and O–H groups in total. The van der Waals surface area contributed by atoms with Crippen molar-refractivity contribution < 1.29 is 22.7 Å². The van der Waals surface area contributed by atoms with E-state index in [1.807, 2.05) is 18.2 Å². The van der Waals surface area contributed by atoms with Gasteiger partial charge in [-0.25, -0.2) is 8.42 Å². The second-order valence-corrected chi connectivity index (χ2v) is 10.5. The summed E-state index contributed by atoms with van der Waals surface area (Å²) in [6.07, 6.45) is 4.49. The van der Waals surface area contributed by atoms with Crippen LogP contribution in [0.15, 0.2) is 60.0 Å². The molecule has 4 rings (SSSR count). The van der Waals surface area contributed by atoms with Crippen LogP contribution in [0.5, 0.6) is 5.75 Å². The van der Waals surface area contributed by atoms with Gasteiger partial charge < -0.3 is 15.4 Å². The number of sulfonamides is 1. The van der Waals surface area contributed by atoms with Gasteiger partial charge in [-0.3, -0.25) is 9.59 Å². The number of nitrogens with zero attached hydrogens (tertiary/aromatic N) is 1.